The maximum atomic E-state index is 12.8. The minimum atomic E-state index is -3.61. The Morgan fingerprint density at radius 2 is 1.97 bits per heavy atom. The van der Waals surface area contributed by atoms with Gasteiger partial charge in [-0.15, -0.1) is 9.24 Å². The summed E-state index contributed by atoms with van der Waals surface area (Å²) >= 11 is 0. The standard InChI is InChI=1S/C20H25N4O3PS/c1-23-11-19(21-13-23)17-10-16(29(26,27)24(2)14-28)8-9-18(17)22-20(12-25)15-6-4-3-5-7-15/h3-11,13,20,22,25H,12,14,28H2,1-2H3/t20-/m0/s1. The normalized spacial score (nSPS) is 12.9. The molecular formula is C20H25N4O3PS. The maximum absolute atomic E-state index is 12.8. The number of sulfonamides is 1. The lowest BCUT2D eigenvalue weighted by Gasteiger charge is -2.21. The Labute approximate surface area is 173 Å². The highest BCUT2D eigenvalue weighted by atomic mass is 32.2. The van der Waals surface area contributed by atoms with Crippen LogP contribution in [0.5, 0.6) is 0 Å². The Balaban J connectivity index is 2.07. The lowest BCUT2D eigenvalue weighted by molar-refractivity contribution is 0.276. The maximum Gasteiger partial charge on any atom is 0.243 e. The van der Waals surface area contributed by atoms with E-state index >= 15 is 0 Å². The summed E-state index contributed by atoms with van der Waals surface area (Å²) in [7, 11) is 2.18. The molecule has 3 aromatic rings. The first-order valence-corrected chi connectivity index (χ1v) is 11.3. The van der Waals surface area contributed by atoms with E-state index in [1.54, 1.807) is 29.1 Å². The quantitative estimate of drug-likeness (QED) is 0.535. The second-order valence-corrected chi connectivity index (χ2v) is 9.12. The second-order valence-electron chi connectivity index (χ2n) is 6.71. The third-order valence-corrected chi connectivity index (χ3v) is 7.28. The van der Waals surface area contributed by atoms with Gasteiger partial charge >= 0.3 is 0 Å². The van der Waals surface area contributed by atoms with Crippen LogP contribution >= 0.6 is 9.24 Å². The van der Waals surface area contributed by atoms with Gasteiger partial charge in [0.2, 0.25) is 10.0 Å². The molecule has 2 atom stereocenters. The van der Waals surface area contributed by atoms with Crippen molar-refractivity contribution in [2.24, 2.45) is 7.05 Å². The molecule has 0 saturated carbocycles. The molecule has 0 aliphatic rings. The van der Waals surface area contributed by atoms with Gasteiger partial charge in [-0.25, -0.2) is 13.4 Å². The number of imidazole rings is 1. The van der Waals surface area contributed by atoms with Crippen LogP contribution in [0.15, 0.2) is 66.0 Å². The summed E-state index contributed by atoms with van der Waals surface area (Å²) in [6.07, 6.45) is 3.78. The number of nitrogens with one attached hydrogen (secondary N) is 1. The third-order valence-electron chi connectivity index (χ3n) is 4.65. The summed E-state index contributed by atoms with van der Waals surface area (Å²) in [4.78, 5) is 4.58. The summed E-state index contributed by atoms with van der Waals surface area (Å²) in [5, 5.41) is 13.2. The summed E-state index contributed by atoms with van der Waals surface area (Å²) in [5.74, 6) is 0. The van der Waals surface area contributed by atoms with E-state index in [0.717, 1.165) is 5.56 Å². The van der Waals surface area contributed by atoms with Crippen molar-refractivity contribution in [2.45, 2.75) is 10.9 Å². The zero-order valence-corrected chi connectivity index (χ0v) is 18.3. The first-order chi connectivity index (χ1) is 13.9. The molecule has 29 heavy (non-hydrogen) atoms. The molecule has 0 fully saturated rings. The lowest BCUT2D eigenvalue weighted by Crippen LogP contribution is -2.25. The van der Waals surface area contributed by atoms with Crippen molar-refractivity contribution in [3.8, 4) is 11.3 Å². The van der Waals surface area contributed by atoms with Gasteiger partial charge in [0.25, 0.3) is 0 Å². The molecule has 0 radical (unpaired) electrons. The number of aliphatic hydroxyl groups is 1. The molecule has 1 aromatic heterocycles. The number of benzene rings is 2. The number of aryl methyl sites for hydroxylation is 1. The summed E-state index contributed by atoms with van der Waals surface area (Å²) < 4.78 is 28.6. The smallest absolute Gasteiger partial charge is 0.243 e. The molecule has 0 aliphatic carbocycles. The van der Waals surface area contributed by atoms with E-state index in [9.17, 15) is 13.5 Å². The van der Waals surface area contributed by atoms with E-state index < -0.39 is 10.0 Å². The molecule has 0 amide bonds. The summed E-state index contributed by atoms with van der Waals surface area (Å²) in [6.45, 7) is -0.110. The Kier molecular flexibility index (Phi) is 6.70. The van der Waals surface area contributed by atoms with Crippen molar-refractivity contribution >= 4 is 25.0 Å². The number of hydrogen-bond donors (Lipinski definition) is 2. The summed E-state index contributed by atoms with van der Waals surface area (Å²) in [5.41, 5.74) is 2.92. The minimum Gasteiger partial charge on any atom is -0.394 e. The second kappa shape index (κ2) is 9.05. The molecule has 0 aliphatic heterocycles. The van der Waals surface area contributed by atoms with E-state index in [1.807, 2.05) is 43.6 Å². The van der Waals surface area contributed by atoms with Crippen LogP contribution in [-0.4, -0.2) is 47.3 Å². The first-order valence-electron chi connectivity index (χ1n) is 9.08. The highest BCUT2D eigenvalue weighted by molar-refractivity contribution is 7.89. The first kappa shape index (κ1) is 21.5. The van der Waals surface area contributed by atoms with E-state index in [-0.39, 0.29) is 17.5 Å². The zero-order valence-electron chi connectivity index (χ0n) is 16.4. The van der Waals surface area contributed by atoms with E-state index in [4.69, 9.17) is 0 Å². The number of nitrogens with zero attached hydrogens (tertiary/aromatic N) is 3. The Morgan fingerprint density at radius 1 is 1.24 bits per heavy atom. The van der Waals surface area contributed by atoms with Crippen molar-refractivity contribution in [2.75, 3.05) is 25.3 Å². The molecule has 154 valence electrons. The zero-order chi connectivity index (χ0) is 21.0. The van der Waals surface area contributed by atoms with Gasteiger partial charge in [0.1, 0.15) is 0 Å². The van der Waals surface area contributed by atoms with Gasteiger partial charge in [-0.3, -0.25) is 0 Å². The van der Waals surface area contributed by atoms with Crippen LogP contribution in [0.25, 0.3) is 11.3 Å². The molecule has 0 spiro atoms. The SMILES string of the molecule is CN(CP)S(=O)(=O)c1ccc(N[C@@H](CO)c2ccccc2)c(-c2cn(C)cn2)c1. The van der Waals surface area contributed by atoms with Crippen LogP contribution in [0.2, 0.25) is 0 Å². The van der Waals surface area contributed by atoms with Crippen molar-refractivity contribution < 1.29 is 13.5 Å². The topological polar surface area (TPSA) is 87.5 Å². The summed E-state index contributed by atoms with van der Waals surface area (Å²) in [6, 6.07) is 14.2. The van der Waals surface area contributed by atoms with Crippen LogP contribution in [0.3, 0.4) is 0 Å². The Hall–Kier alpha value is -2.25. The number of aromatic nitrogens is 2. The molecule has 7 nitrogen and oxygen atoms in total. The van der Waals surface area contributed by atoms with Gasteiger partial charge in [0, 0.05) is 37.8 Å². The van der Waals surface area contributed by atoms with Crippen LogP contribution < -0.4 is 5.32 Å². The number of anilines is 1. The fraction of sp³-hybridized carbons (Fsp3) is 0.250. The molecule has 2 N–H and O–H groups in total. The van der Waals surface area contributed by atoms with Crippen LogP contribution in [0.4, 0.5) is 5.69 Å². The Morgan fingerprint density at radius 3 is 2.55 bits per heavy atom. The number of aliphatic hydroxyl groups excluding tert-OH is 1. The third kappa shape index (κ3) is 4.67. The van der Waals surface area contributed by atoms with Crippen LogP contribution in [0.1, 0.15) is 11.6 Å². The van der Waals surface area contributed by atoms with Crippen LogP contribution in [0, 0.1) is 0 Å². The fourth-order valence-electron chi connectivity index (χ4n) is 2.96. The molecule has 1 unspecified atom stereocenters. The van der Waals surface area contributed by atoms with Gasteiger partial charge in [-0.2, -0.15) is 4.31 Å². The average Bonchev–Trinajstić information content (AvgIpc) is 3.18. The van der Waals surface area contributed by atoms with E-state index in [2.05, 4.69) is 19.5 Å². The molecule has 3 rings (SSSR count). The Bertz CT molecular complexity index is 1070. The van der Waals surface area contributed by atoms with Gasteiger partial charge in [0.05, 0.1) is 29.6 Å². The number of hydrogen-bond acceptors (Lipinski definition) is 5. The highest BCUT2D eigenvalue weighted by Gasteiger charge is 2.22. The molecule has 0 bridgehead atoms. The predicted molar refractivity (Wildman–Crippen MR) is 118 cm³/mol. The van der Waals surface area contributed by atoms with Gasteiger partial charge in [-0.05, 0) is 23.8 Å². The average molecular weight is 432 g/mol. The largest absolute Gasteiger partial charge is 0.394 e. The van der Waals surface area contributed by atoms with Gasteiger partial charge in [0.15, 0.2) is 0 Å². The van der Waals surface area contributed by atoms with Gasteiger partial charge in [-0.1, -0.05) is 30.3 Å². The molecule has 0 saturated heterocycles. The van der Waals surface area contributed by atoms with Gasteiger partial charge < -0.3 is 15.0 Å². The lowest BCUT2D eigenvalue weighted by atomic mass is 10.1. The van der Waals surface area contributed by atoms with Crippen molar-refractivity contribution in [1.29, 1.82) is 0 Å². The fourth-order valence-corrected chi connectivity index (χ4v) is 4.61. The van der Waals surface area contributed by atoms with Crippen molar-refractivity contribution in [3.63, 3.8) is 0 Å². The molecule has 9 heteroatoms. The monoisotopic (exact) mass is 432 g/mol. The molecular weight excluding hydrogens is 407 g/mol. The van der Waals surface area contributed by atoms with Crippen molar-refractivity contribution in [1.82, 2.24) is 13.9 Å². The minimum absolute atomic E-state index is 0.110. The predicted octanol–water partition coefficient (Wildman–Crippen LogP) is 2.69. The molecule has 1 heterocycles. The molecule has 2 aromatic carbocycles. The van der Waals surface area contributed by atoms with Crippen LogP contribution in [-0.2, 0) is 17.1 Å². The van der Waals surface area contributed by atoms with E-state index in [0.29, 0.717) is 23.2 Å². The number of rotatable bonds is 8. The van der Waals surface area contributed by atoms with E-state index in [1.165, 1.54) is 11.4 Å². The van der Waals surface area contributed by atoms with Crippen molar-refractivity contribution in [3.05, 3.63) is 66.6 Å². The highest BCUT2D eigenvalue weighted by Crippen LogP contribution is 2.33.